The molecule has 1 aromatic heterocycles. The van der Waals surface area contributed by atoms with Crippen LogP contribution in [0.25, 0.3) is 0 Å². The fourth-order valence-electron chi connectivity index (χ4n) is 1.37. The van der Waals surface area contributed by atoms with E-state index in [0.29, 0.717) is 5.56 Å². The zero-order valence-corrected chi connectivity index (χ0v) is 8.73. The molecule has 17 heavy (non-hydrogen) atoms. The third-order valence-corrected chi connectivity index (χ3v) is 2.20. The monoisotopic (exact) mass is 234 g/mol. The smallest absolute Gasteiger partial charge is 0.187 e. The van der Waals surface area contributed by atoms with Crippen LogP contribution in [0.5, 0.6) is 0 Å². The Kier molecular flexibility index (Phi) is 3.18. The van der Waals surface area contributed by atoms with E-state index in [1.807, 2.05) is 0 Å². The predicted octanol–water partition coefficient (Wildman–Crippen LogP) is 2.18. The average Bonchev–Trinajstić information content (AvgIpc) is 2.35. The maximum atomic E-state index is 12.9. The van der Waals surface area contributed by atoms with Gasteiger partial charge in [0.1, 0.15) is 5.69 Å². The largest absolute Gasteiger partial charge is 0.292 e. The van der Waals surface area contributed by atoms with Crippen LogP contribution >= 0.6 is 0 Å². The second-order valence-electron chi connectivity index (χ2n) is 3.44. The lowest BCUT2D eigenvalue weighted by atomic mass is 10.1. The molecule has 5 heteroatoms. The van der Waals surface area contributed by atoms with Crippen LogP contribution in [0.1, 0.15) is 16.1 Å². The molecular weight excluding hydrogens is 226 g/mol. The maximum Gasteiger partial charge on any atom is 0.187 e. The number of rotatable bonds is 3. The van der Waals surface area contributed by atoms with E-state index in [0.717, 1.165) is 12.1 Å². The van der Waals surface area contributed by atoms with Gasteiger partial charge in [-0.15, -0.1) is 0 Å². The minimum atomic E-state index is -0.963. The van der Waals surface area contributed by atoms with Crippen molar-refractivity contribution < 1.29 is 13.6 Å². The Labute approximate surface area is 96.2 Å². The average molecular weight is 234 g/mol. The zero-order valence-electron chi connectivity index (χ0n) is 8.73. The Balaban J connectivity index is 2.16. The number of hydrogen-bond donors (Lipinski definition) is 0. The van der Waals surface area contributed by atoms with Gasteiger partial charge in [0.2, 0.25) is 0 Å². The number of ketones is 1. The summed E-state index contributed by atoms with van der Waals surface area (Å²) in [5.74, 6) is -2.18. The molecule has 0 aliphatic carbocycles. The van der Waals surface area contributed by atoms with E-state index < -0.39 is 11.6 Å². The van der Waals surface area contributed by atoms with E-state index in [2.05, 4.69) is 9.97 Å². The molecule has 86 valence electrons. The Hall–Kier alpha value is -2.17. The summed E-state index contributed by atoms with van der Waals surface area (Å²) < 4.78 is 25.6. The highest BCUT2D eigenvalue weighted by Crippen LogP contribution is 2.10. The molecule has 0 aliphatic heterocycles. The van der Waals surface area contributed by atoms with E-state index in [4.69, 9.17) is 0 Å². The molecule has 1 aromatic carbocycles. The lowest BCUT2D eigenvalue weighted by molar-refractivity contribution is 0.0987. The quantitative estimate of drug-likeness (QED) is 0.764. The second kappa shape index (κ2) is 4.78. The molecular formula is C12H8F2N2O. The van der Waals surface area contributed by atoms with E-state index in [-0.39, 0.29) is 17.9 Å². The van der Waals surface area contributed by atoms with Crippen molar-refractivity contribution in [2.24, 2.45) is 0 Å². The molecule has 0 spiro atoms. The van der Waals surface area contributed by atoms with Crippen LogP contribution in [-0.2, 0) is 6.42 Å². The molecule has 3 nitrogen and oxygen atoms in total. The highest BCUT2D eigenvalue weighted by molar-refractivity contribution is 5.95. The first-order chi connectivity index (χ1) is 8.16. The number of benzene rings is 1. The first kappa shape index (κ1) is 11.3. The number of carbonyl (C=O) groups is 1. The van der Waals surface area contributed by atoms with Crippen molar-refractivity contribution in [3.05, 3.63) is 59.7 Å². The molecule has 2 aromatic rings. The van der Waals surface area contributed by atoms with Crippen molar-refractivity contribution in [3.63, 3.8) is 0 Å². The summed E-state index contributed by atoms with van der Waals surface area (Å²) >= 11 is 0. The summed E-state index contributed by atoms with van der Waals surface area (Å²) in [6.45, 7) is 0. The first-order valence-corrected chi connectivity index (χ1v) is 4.90. The minimum absolute atomic E-state index is 0.0319. The Morgan fingerprint density at radius 3 is 2.65 bits per heavy atom. The molecule has 0 radical (unpaired) electrons. The van der Waals surface area contributed by atoms with Crippen LogP contribution in [0.15, 0.2) is 36.8 Å². The summed E-state index contributed by atoms with van der Waals surface area (Å²) in [6, 6.07) is 3.37. The summed E-state index contributed by atoms with van der Waals surface area (Å²) in [7, 11) is 0. The van der Waals surface area contributed by atoms with Gasteiger partial charge in [0.05, 0.1) is 6.20 Å². The lowest BCUT2D eigenvalue weighted by Gasteiger charge is -2.01. The predicted molar refractivity (Wildman–Crippen MR) is 56.4 cm³/mol. The van der Waals surface area contributed by atoms with E-state index in [1.54, 1.807) is 0 Å². The van der Waals surface area contributed by atoms with Crippen LogP contribution in [-0.4, -0.2) is 15.8 Å². The van der Waals surface area contributed by atoms with Gasteiger partial charge in [-0.1, -0.05) is 6.07 Å². The van der Waals surface area contributed by atoms with Gasteiger partial charge in [-0.2, -0.15) is 0 Å². The van der Waals surface area contributed by atoms with Gasteiger partial charge < -0.3 is 0 Å². The van der Waals surface area contributed by atoms with Crippen molar-refractivity contribution in [3.8, 4) is 0 Å². The van der Waals surface area contributed by atoms with E-state index >= 15 is 0 Å². The highest BCUT2D eigenvalue weighted by atomic mass is 19.2. The fourth-order valence-corrected chi connectivity index (χ4v) is 1.37. The molecule has 1 heterocycles. The van der Waals surface area contributed by atoms with Crippen LogP contribution in [0, 0.1) is 11.6 Å². The fraction of sp³-hybridized carbons (Fsp3) is 0.0833. The minimum Gasteiger partial charge on any atom is -0.292 e. The molecule has 0 bridgehead atoms. The van der Waals surface area contributed by atoms with E-state index in [9.17, 15) is 13.6 Å². The molecule has 0 saturated heterocycles. The van der Waals surface area contributed by atoms with Gasteiger partial charge in [-0.05, 0) is 17.7 Å². The normalized spacial score (nSPS) is 10.2. The number of Topliss-reactive ketones (excluding diaryl/α,β-unsaturated/α-hetero) is 1. The molecule has 0 atom stereocenters. The van der Waals surface area contributed by atoms with Crippen molar-refractivity contribution in [1.29, 1.82) is 0 Å². The van der Waals surface area contributed by atoms with Gasteiger partial charge >= 0.3 is 0 Å². The lowest BCUT2D eigenvalue weighted by Crippen LogP contribution is -2.06. The standard InChI is InChI=1S/C12H8F2N2O/c13-9-2-1-8(5-10(9)14)6-12(17)11-7-15-3-4-16-11/h1-5,7H,6H2. The van der Waals surface area contributed by atoms with Crippen LogP contribution in [0.2, 0.25) is 0 Å². The Morgan fingerprint density at radius 1 is 1.18 bits per heavy atom. The molecule has 0 amide bonds. The summed E-state index contributed by atoms with van der Waals surface area (Å²) in [6.07, 6.45) is 4.16. The third-order valence-electron chi connectivity index (χ3n) is 2.20. The number of halogens is 2. The van der Waals surface area contributed by atoms with Gasteiger partial charge in [0.25, 0.3) is 0 Å². The van der Waals surface area contributed by atoms with Gasteiger partial charge in [0.15, 0.2) is 17.4 Å². The van der Waals surface area contributed by atoms with Crippen molar-refractivity contribution in [2.75, 3.05) is 0 Å². The van der Waals surface area contributed by atoms with E-state index in [1.165, 1.54) is 24.7 Å². The van der Waals surface area contributed by atoms with Crippen LogP contribution in [0.3, 0.4) is 0 Å². The van der Waals surface area contributed by atoms with Gasteiger partial charge in [0, 0.05) is 18.8 Å². The number of hydrogen-bond acceptors (Lipinski definition) is 3. The SMILES string of the molecule is O=C(Cc1ccc(F)c(F)c1)c1cnccn1. The van der Waals surface area contributed by atoms with Crippen molar-refractivity contribution >= 4 is 5.78 Å². The number of nitrogens with zero attached hydrogens (tertiary/aromatic N) is 2. The third kappa shape index (κ3) is 2.69. The molecule has 2 rings (SSSR count). The Bertz CT molecular complexity index is 543. The summed E-state index contributed by atoms with van der Waals surface area (Å²) in [4.78, 5) is 19.3. The zero-order chi connectivity index (χ0) is 12.3. The number of aromatic nitrogens is 2. The van der Waals surface area contributed by atoms with Gasteiger partial charge in [-0.25, -0.2) is 13.8 Å². The molecule has 0 fully saturated rings. The molecule has 0 aliphatic rings. The summed E-state index contributed by atoms with van der Waals surface area (Å²) in [5, 5.41) is 0. The van der Waals surface area contributed by atoms with Crippen LogP contribution in [0.4, 0.5) is 8.78 Å². The summed E-state index contributed by atoms with van der Waals surface area (Å²) in [5.41, 5.74) is 0.608. The number of carbonyl (C=O) groups excluding carboxylic acids is 1. The molecule has 0 unspecified atom stereocenters. The van der Waals surface area contributed by atoms with Crippen LogP contribution < -0.4 is 0 Å². The first-order valence-electron chi connectivity index (χ1n) is 4.90. The van der Waals surface area contributed by atoms with Crippen molar-refractivity contribution in [2.45, 2.75) is 6.42 Å². The molecule has 0 N–H and O–H groups in total. The van der Waals surface area contributed by atoms with Crippen molar-refractivity contribution in [1.82, 2.24) is 9.97 Å². The van der Waals surface area contributed by atoms with Gasteiger partial charge in [-0.3, -0.25) is 9.78 Å². The molecule has 0 saturated carbocycles. The maximum absolute atomic E-state index is 12.9. The Morgan fingerprint density at radius 2 is 2.00 bits per heavy atom. The topological polar surface area (TPSA) is 42.9 Å². The highest BCUT2D eigenvalue weighted by Gasteiger charge is 2.10. The second-order valence-corrected chi connectivity index (χ2v) is 3.44.